The molecule has 37 heavy (non-hydrogen) atoms. The first kappa shape index (κ1) is 24.3. The molecule has 13 heteroatoms. The number of morpholine rings is 1. The summed E-state index contributed by atoms with van der Waals surface area (Å²) in [5, 5.41) is 17.3. The number of benzene rings is 1. The van der Waals surface area contributed by atoms with Gasteiger partial charge in [-0.3, -0.25) is 10.2 Å². The van der Waals surface area contributed by atoms with Crippen LogP contribution in [0, 0.1) is 17.0 Å². The van der Waals surface area contributed by atoms with Gasteiger partial charge in [-0.2, -0.15) is 0 Å². The zero-order valence-electron chi connectivity index (χ0n) is 20.2. The number of anilines is 1. The number of H-pyrrole nitrogens is 1. The summed E-state index contributed by atoms with van der Waals surface area (Å²) in [5.41, 5.74) is -0.122. The maximum absolute atomic E-state index is 15.6. The third-order valence-electron chi connectivity index (χ3n) is 6.09. The van der Waals surface area contributed by atoms with Gasteiger partial charge in [-0.25, -0.2) is 23.7 Å². The van der Waals surface area contributed by atoms with Gasteiger partial charge in [0.15, 0.2) is 11.6 Å². The van der Waals surface area contributed by atoms with Gasteiger partial charge in [0.2, 0.25) is 0 Å². The molecule has 1 saturated heterocycles. The lowest BCUT2D eigenvalue weighted by Crippen LogP contribution is -2.41. The van der Waals surface area contributed by atoms with Gasteiger partial charge in [-0.15, -0.1) is 0 Å². The number of aromatic amines is 1. The van der Waals surface area contributed by atoms with Crippen LogP contribution in [0.4, 0.5) is 14.5 Å². The van der Waals surface area contributed by atoms with Crippen LogP contribution in [0.5, 0.6) is 0 Å². The quantitative estimate of drug-likeness (QED) is 0.338. The van der Waals surface area contributed by atoms with Crippen LogP contribution in [-0.2, 0) is 9.53 Å². The SMILES string of the molecule is CN/C=C1/NC(=O)C(c2nc3c(F)cc(N4CCOCC4)c(F)c3[nH]2)=C(NC(C)c2ncccn2)C1=N. The average molecular weight is 510 g/mol. The number of hydrogen-bond acceptors (Lipinski definition) is 9. The fraction of sp³-hybridized carbons (Fsp3) is 0.292. The van der Waals surface area contributed by atoms with Gasteiger partial charge in [0.25, 0.3) is 5.91 Å². The molecule has 1 unspecified atom stereocenters. The van der Waals surface area contributed by atoms with E-state index in [1.807, 2.05) is 0 Å². The molecule has 0 aliphatic carbocycles. The molecule has 192 valence electrons. The van der Waals surface area contributed by atoms with Crippen molar-refractivity contribution < 1.29 is 18.3 Å². The molecule has 1 aromatic carbocycles. The highest BCUT2D eigenvalue weighted by atomic mass is 19.1. The summed E-state index contributed by atoms with van der Waals surface area (Å²) in [6.45, 7) is 3.42. The lowest BCUT2D eigenvalue weighted by Gasteiger charge is -2.29. The fourth-order valence-corrected chi connectivity index (χ4v) is 4.30. The second-order valence-electron chi connectivity index (χ2n) is 8.50. The molecule has 3 aromatic rings. The van der Waals surface area contributed by atoms with E-state index in [1.54, 1.807) is 37.3 Å². The first-order chi connectivity index (χ1) is 17.9. The summed E-state index contributed by atoms with van der Waals surface area (Å²) in [7, 11) is 1.63. The molecule has 0 saturated carbocycles. The summed E-state index contributed by atoms with van der Waals surface area (Å²) in [4.78, 5) is 30.4. The maximum Gasteiger partial charge on any atom is 0.261 e. The molecule has 1 amide bonds. The zero-order chi connectivity index (χ0) is 26.1. The maximum atomic E-state index is 15.6. The van der Waals surface area contributed by atoms with Gasteiger partial charge in [-0.1, -0.05) is 0 Å². The van der Waals surface area contributed by atoms with E-state index in [-0.39, 0.29) is 45.2 Å². The molecule has 1 atom stereocenters. The Kier molecular flexibility index (Phi) is 6.53. The summed E-state index contributed by atoms with van der Waals surface area (Å²) >= 11 is 0. The van der Waals surface area contributed by atoms with Crippen molar-refractivity contribution in [3.63, 3.8) is 0 Å². The summed E-state index contributed by atoms with van der Waals surface area (Å²) in [6, 6.07) is 2.28. The van der Waals surface area contributed by atoms with Crippen LogP contribution in [0.25, 0.3) is 16.6 Å². The van der Waals surface area contributed by atoms with E-state index in [2.05, 4.69) is 35.9 Å². The highest BCUT2D eigenvalue weighted by molar-refractivity contribution is 6.33. The number of rotatable bonds is 6. The normalized spacial score (nSPS) is 18.4. The van der Waals surface area contributed by atoms with E-state index in [0.717, 1.165) is 6.07 Å². The highest BCUT2D eigenvalue weighted by Crippen LogP contribution is 2.32. The van der Waals surface area contributed by atoms with Gasteiger partial charge in [0, 0.05) is 44.8 Å². The molecule has 2 aromatic heterocycles. The van der Waals surface area contributed by atoms with Crippen LogP contribution in [0.1, 0.15) is 24.6 Å². The third-order valence-corrected chi connectivity index (χ3v) is 6.09. The predicted molar refractivity (Wildman–Crippen MR) is 133 cm³/mol. The first-order valence-corrected chi connectivity index (χ1v) is 11.7. The second kappa shape index (κ2) is 9.93. The fourth-order valence-electron chi connectivity index (χ4n) is 4.30. The standard InChI is InChI=1S/C24H25F2N9O2/c1-12(22-29-4-3-5-30-22)31-20-16(24(36)32-14(11-28-2)18(20)27)23-33-19-13(25)10-15(17(26)21(19)34-23)35-6-8-37-9-7-35/h3-5,10-12,27-28,31H,6-9H2,1-2H3,(H,32,36)(H,33,34)/b14-11+,27-18?. The van der Waals surface area contributed by atoms with Gasteiger partial charge in [0.05, 0.1) is 36.3 Å². The number of amides is 1. The molecule has 2 aliphatic heterocycles. The van der Waals surface area contributed by atoms with Crippen molar-refractivity contribution in [2.75, 3.05) is 38.3 Å². The van der Waals surface area contributed by atoms with E-state index in [0.29, 0.717) is 32.1 Å². The summed E-state index contributed by atoms with van der Waals surface area (Å²) in [6.07, 6.45) is 4.63. The Hall–Kier alpha value is -4.39. The van der Waals surface area contributed by atoms with Crippen molar-refractivity contribution in [2.24, 2.45) is 0 Å². The smallest absolute Gasteiger partial charge is 0.261 e. The van der Waals surface area contributed by atoms with Crippen LogP contribution in [-0.4, -0.2) is 64.9 Å². The Bertz CT molecular complexity index is 1430. The number of hydrogen-bond donors (Lipinski definition) is 5. The molecule has 4 heterocycles. The monoisotopic (exact) mass is 509 g/mol. The van der Waals surface area contributed by atoms with Crippen molar-refractivity contribution in [2.45, 2.75) is 13.0 Å². The van der Waals surface area contributed by atoms with Crippen molar-refractivity contribution in [1.29, 1.82) is 5.41 Å². The Labute approximate surface area is 210 Å². The molecule has 5 N–H and O–H groups in total. The number of ether oxygens (including phenoxy) is 1. The van der Waals surface area contributed by atoms with Gasteiger partial charge < -0.3 is 30.6 Å². The number of imidazole rings is 1. The minimum Gasteiger partial charge on any atom is -0.392 e. The van der Waals surface area contributed by atoms with Crippen LogP contribution in [0.15, 0.2) is 42.1 Å². The Balaban J connectivity index is 1.63. The number of nitrogens with zero attached hydrogens (tertiary/aromatic N) is 4. The van der Waals surface area contributed by atoms with Crippen molar-refractivity contribution in [3.8, 4) is 0 Å². The van der Waals surface area contributed by atoms with Crippen LogP contribution in [0.3, 0.4) is 0 Å². The Morgan fingerprint density at radius 3 is 2.68 bits per heavy atom. The van der Waals surface area contributed by atoms with Gasteiger partial charge in [-0.05, 0) is 13.0 Å². The largest absolute Gasteiger partial charge is 0.392 e. The minimum atomic E-state index is -0.733. The van der Waals surface area contributed by atoms with E-state index in [1.165, 1.54) is 6.20 Å². The predicted octanol–water partition coefficient (Wildman–Crippen LogP) is 1.74. The highest BCUT2D eigenvalue weighted by Gasteiger charge is 2.33. The number of carbonyl (C=O) groups excluding carboxylic acids is 1. The Morgan fingerprint density at radius 1 is 1.24 bits per heavy atom. The molecule has 0 bridgehead atoms. The molecule has 0 spiro atoms. The Morgan fingerprint density at radius 2 is 1.97 bits per heavy atom. The van der Waals surface area contributed by atoms with Crippen LogP contribution < -0.4 is 20.9 Å². The molecular weight excluding hydrogens is 484 g/mol. The van der Waals surface area contributed by atoms with E-state index >= 15 is 8.78 Å². The zero-order valence-corrected chi connectivity index (χ0v) is 20.2. The summed E-state index contributed by atoms with van der Waals surface area (Å²) in [5.74, 6) is -1.66. The molecule has 11 nitrogen and oxygen atoms in total. The van der Waals surface area contributed by atoms with Crippen LogP contribution >= 0.6 is 0 Å². The molecule has 2 aliphatic rings. The van der Waals surface area contributed by atoms with Crippen molar-refractivity contribution in [1.82, 2.24) is 35.9 Å². The van der Waals surface area contributed by atoms with Gasteiger partial charge >= 0.3 is 0 Å². The van der Waals surface area contributed by atoms with E-state index in [4.69, 9.17) is 10.1 Å². The van der Waals surface area contributed by atoms with Crippen LogP contribution in [0.2, 0.25) is 0 Å². The topological polar surface area (TPSA) is 144 Å². The lowest BCUT2D eigenvalue weighted by molar-refractivity contribution is -0.115. The van der Waals surface area contributed by atoms with E-state index < -0.39 is 23.6 Å². The average Bonchev–Trinajstić information content (AvgIpc) is 3.36. The molecule has 5 rings (SSSR count). The first-order valence-electron chi connectivity index (χ1n) is 11.7. The molecule has 0 radical (unpaired) electrons. The van der Waals surface area contributed by atoms with Gasteiger partial charge in [0.1, 0.15) is 34.0 Å². The molecule has 1 fully saturated rings. The second-order valence-corrected chi connectivity index (χ2v) is 8.50. The summed E-state index contributed by atoms with van der Waals surface area (Å²) < 4.78 is 36.0. The van der Waals surface area contributed by atoms with Crippen molar-refractivity contribution in [3.05, 3.63) is 65.4 Å². The lowest BCUT2D eigenvalue weighted by atomic mass is 10.0. The third kappa shape index (κ3) is 4.48. The number of aromatic nitrogens is 4. The molecular formula is C24H25F2N9O2. The van der Waals surface area contributed by atoms with E-state index in [9.17, 15) is 4.79 Å². The van der Waals surface area contributed by atoms with Crippen molar-refractivity contribution >= 4 is 33.9 Å². The number of halogens is 2. The number of nitrogens with one attached hydrogen (secondary N) is 5. The minimum absolute atomic E-state index is 0.0536. The number of carbonyl (C=O) groups is 1. The number of fused-ring (bicyclic) bond motifs is 1.